The lowest BCUT2D eigenvalue weighted by Crippen LogP contribution is -2.38. The van der Waals surface area contributed by atoms with E-state index in [4.69, 9.17) is 5.73 Å². The van der Waals surface area contributed by atoms with Crippen LogP contribution in [0.5, 0.6) is 0 Å². The molecule has 1 aromatic heterocycles. The Kier molecular flexibility index (Phi) is 1.60. The highest BCUT2D eigenvalue weighted by Gasteiger charge is 2.17. The van der Waals surface area contributed by atoms with Crippen molar-refractivity contribution in [1.82, 2.24) is 9.97 Å². The number of nitrogen functional groups attached to an aromatic ring is 1. The lowest BCUT2D eigenvalue weighted by Gasteiger charge is -2.30. The molecule has 0 radical (unpaired) electrons. The van der Waals surface area contributed by atoms with Crippen molar-refractivity contribution in [1.29, 1.82) is 0 Å². The first kappa shape index (κ1) is 7.34. The van der Waals surface area contributed by atoms with Crippen molar-refractivity contribution < 1.29 is 0 Å². The zero-order chi connectivity index (χ0) is 8.55. The molecule has 1 saturated heterocycles. The van der Waals surface area contributed by atoms with E-state index in [-0.39, 0.29) is 0 Å². The van der Waals surface area contributed by atoms with Crippen LogP contribution in [0.3, 0.4) is 0 Å². The van der Waals surface area contributed by atoms with Crippen LogP contribution < -0.4 is 10.6 Å². The number of aryl methyl sites for hydroxylation is 1. The molecule has 0 aromatic carbocycles. The van der Waals surface area contributed by atoms with Crippen molar-refractivity contribution in [3.8, 4) is 0 Å². The maximum Gasteiger partial charge on any atom is 0.227 e. The van der Waals surface area contributed by atoms with Gasteiger partial charge in [-0.25, -0.2) is 4.98 Å². The molecule has 0 saturated carbocycles. The summed E-state index contributed by atoms with van der Waals surface area (Å²) >= 11 is 0. The predicted molar refractivity (Wildman–Crippen MR) is 48.0 cm³/mol. The van der Waals surface area contributed by atoms with Gasteiger partial charge in [0, 0.05) is 24.8 Å². The predicted octanol–water partition coefficient (Wildman–Crippen LogP) is 0.577. The van der Waals surface area contributed by atoms with E-state index in [0.717, 1.165) is 24.6 Å². The Hall–Kier alpha value is -1.32. The smallest absolute Gasteiger partial charge is 0.227 e. The Bertz CT molecular complexity index is 293. The lowest BCUT2D eigenvalue weighted by atomic mass is 10.2. The third kappa shape index (κ3) is 1.09. The van der Waals surface area contributed by atoms with Gasteiger partial charge in [-0.05, 0) is 13.3 Å². The van der Waals surface area contributed by atoms with Gasteiger partial charge in [0.25, 0.3) is 0 Å². The Morgan fingerprint density at radius 3 is 2.75 bits per heavy atom. The van der Waals surface area contributed by atoms with E-state index in [2.05, 4.69) is 14.9 Å². The monoisotopic (exact) mass is 164 g/mol. The van der Waals surface area contributed by atoms with E-state index in [1.165, 1.54) is 6.42 Å². The van der Waals surface area contributed by atoms with E-state index in [1.54, 1.807) is 6.20 Å². The van der Waals surface area contributed by atoms with Gasteiger partial charge in [0.05, 0.1) is 0 Å². The number of hydrogen-bond donors (Lipinski definition) is 1. The topological polar surface area (TPSA) is 55.0 Å². The van der Waals surface area contributed by atoms with Crippen LogP contribution in [-0.2, 0) is 0 Å². The molecule has 0 bridgehead atoms. The second-order valence-corrected chi connectivity index (χ2v) is 3.08. The summed E-state index contributed by atoms with van der Waals surface area (Å²) in [5, 5.41) is 0. The number of nitrogens with two attached hydrogens (primary N) is 1. The fourth-order valence-electron chi connectivity index (χ4n) is 1.11. The Balaban J connectivity index is 2.27. The first-order valence-corrected chi connectivity index (χ1v) is 4.11. The lowest BCUT2D eigenvalue weighted by molar-refractivity contribution is 0.600. The molecule has 1 aliphatic heterocycles. The van der Waals surface area contributed by atoms with Gasteiger partial charge in [-0.3, -0.25) is 0 Å². The van der Waals surface area contributed by atoms with Crippen molar-refractivity contribution >= 4 is 11.8 Å². The van der Waals surface area contributed by atoms with Gasteiger partial charge in [-0.15, -0.1) is 0 Å². The average Bonchev–Trinajstić information content (AvgIpc) is 1.93. The second-order valence-electron chi connectivity index (χ2n) is 3.08. The van der Waals surface area contributed by atoms with E-state index < -0.39 is 0 Å². The Morgan fingerprint density at radius 1 is 1.50 bits per heavy atom. The van der Waals surface area contributed by atoms with E-state index in [9.17, 15) is 0 Å². The molecule has 2 heterocycles. The molecule has 1 fully saturated rings. The largest absolute Gasteiger partial charge is 0.383 e. The summed E-state index contributed by atoms with van der Waals surface area (Å²) in [6.07, 6.45) is 3.01. The molecule has 0 atom stereocenters. The van der Waals surface area contributed by atoms with Crippen molar-refractivity contribution in [3.63, 3.8) is 0 Å². The third-order valence-corrected chi connectivity index (χ3v) is 2.14. The summed E-state index contributed by atoms with van der Waals surface area (Å²) in [6.45, 7) is 4.03. The van der Waals surface area contributed by atoms with Crippen LogP contribution in [0.15, 0.2) is 6.20 Å². The van der Waals surface area contributed by atoms with Crippen molar-refractivity contribution in [2.75, 3.05) is 23.7 Å². The summed E-state index contributed by atoms with van der Waals surface area (Å²) in [4.78, 5) is 10.5. The zero-order valence-electron chi connectivity index (χ0n) is 7.12. The number of aromatic nitrogens is 2. The molecule has 1 aliphatic rings. The van der Waals surface area contributed by atoms with Gasteiger partial charge >= 0.3 is 0 Å². The van der Waals surface area contributed by atoms with Gasteiger partial charge in [0.2, 0.25) is 5.95 Å². The summed E-state index contributed by atoms with van der Waals surface area (Å²) in [5.74, 6) is 1.36. The molecule has 2 rings (SSSR count). The van der Waals surface area contributed by atoms with Crippen molar-refractivity contribution in [2.45, 2.75) is 13.3 Å². The number of nitrogens with zero attached hydrogens (tertiary/aromatic N) is 3. The summed E-state index contributed by atoms with van der Waals surface area (Å²) < 4.78 is 0. The van der Waals surface area contributed by atoms with Crippen molar-refractivity contribution in [2.24, 2.45) is 0 Å². The van der Waals surface area contributed by atoms with Gasteiger partial charge in [0.15, 0.2) is 0 Å². The van der Waals surface area contributed by atoms with Gasteiger partial charge < -0.3 is 10.6 Å². The van der Waals surface area contributed by atoms with E-state index in [1.807, 2.05) is 6.92 Å². The Labute approximate surface area is 71.4 Å². The first-order chi connectivity index (χ1) is 5.77. The van der Waals surface area contributed by atoms with Gasteiger partial charge in [0.1, 0.15) is 5.82 Å². The molecule has 0 unspecified atom stereocenters. The minimum atomic E-state index is 0.590. The third-order valence-electron chi connectivity index (χ3n) is 2.14. The minimum absolute atomic E-state index is 0.590. The zero-order valence-corrected chi connectivity index (χ0v) is 7.12. The number of anilines is 2. The van der Waals surface area contributed by atoms with Gasteiger partial charge in [-0.2, -0.15) is 4.98 Å². The molecule has 4 heteroatoms. The molecule has 64 valence electrons. The van der Waals surface area contributed by atoms with Crippen LogP contribution in [0.25, 0.3) is 0 Å². The normalized spacial score (nSPS) is 15.9. The Morgan fingerprint density at radius 2 is 2.25 bits per heavy atom. The SMILES string of the molecule is Cc1cnc(N2CCC2)nc1N. The fourth-order valence-corrected chi connectivity index (χ4v) is 1.11. The fraction of sp³-hybridized carbons (Fsp3) is 0.500. The quantitative estimate of drug-likeness (QED) is 0.659. The maximum absolute atomic E-state index is 5.66. The number of rotatable bonds is 1. The molecular weight excluding hydrogens is 152 g/mol. The maximum atomic E-state index is 5.66. The summed E-state index contributed by atoms with van der Waals surface area (Å²) in [6, 6.07) is 0. The second kappa shape index (κ2) is 2.62. The molecule has 12 heavy (non-hydrogen) atoms. The van der Waals surface area contributed by atoms with Gasteiger partial charge in [-0.1, -0.05) is 0 Å². The highest BCUT2D eigenvalue weighted by Crippen LogP contribution is 2.17. The molecule has 0 amide bonds. The summed E-state index contributed by atoms with van der Waals surface area (Å²) in [7, 11) is 0. The molecule has 0 aliphatic carbocycles. The van der Waals surface area contributed by atoms with Crippen LogP contribution in [-0.4, -0.2) is 23.1 Å². The van der Waals surface area contributed by atoms with Crippen LogP contribution in [0.2, 0.25) is 0 Å². The van der Waals surface area contributed by atoms with Crippen LogP contribution in [0.1, 0.15) is 12.0 Å². The molecule has 1 aromatic rings. The van der Waals surface area contributed by atoms with Crippen LogP contribution >= 0.6 is 0 Å². The number of hydrogen-bond acceptors (Lipinski definition) is 4. The first-order valence-electron chi connectivity index (χ1n) is 4.11. The summed E-state index contributed by atoms with van der Waals surface area (Å²) in [5.41, 5.74) is 6.60. The molecule has 4 nitrogen and oxygen atoms in total. The highest BCUT2D eigenvalue weighted by molar-refractivity contribution is 5.44. The minimum Gasteiger partial charge on any atom is -0.383 e. The molecule has 0 spiro atoms. The standard InChI is InChI=1S/C8H12N4/c1-6-5-10-8(11-7(6)9)12-3-2-4-12/h5H,2-4H2,1H3,(H2,9,10,11). The van der Waals surface area contributed by atoms with Crippen LogP contribution in [0.4, 0.5) is 11.8 Å². The molecule has 2 N–H and O–H groups in total. The molecular formula is C8H12N4. The average molecular weight is 164 g/mol. The van der Waals surface area contributed by atoms with E-state index in [0.29, 0.717) is 5.82 Å². The highest BCUT2D eigenvalue weighted by atomic mass is 15.3. The van der Waals surface area contributed by atoms with Crippen molar-refractivity contribution in [3.05, 3.63) is 11.8 Å². The van der Waals surface area contributed by atoms with Crippen LogP contribution in [0, 0.1) is 6.92 Å². The van der Waals surface area contributed by atoms with E-state index >= 15 is 0 Å².